The number of methoxy groups -OCH3 is 1. The summed E-state index contributed by atoms with van der Waals surface area (Å²) in [7, 11) is 1.34. The number of amides is 1. The number of ether oxygens (including phenoxy) is 2. The van der Waals surface area contributed by atoms with E-state index in [1.54, 1.807) is 24.3 Å². The topological polar surface area (TPSA) is 64.6 Å². The van der Waals surface area contributed by atoms with Crippen LogP contribution in [0.2, 0.25) is 0 Å². The van der Waals surface area contributed by atoms with Gasteiger partial charge in [0.05, 0.1) is 12.7 Å². The van der Waals surface area contributed by atoms with Gasteiger partial charge in [-0.25, -0.2) is 4.79 Å². The lowest BCUT2D eigenvalue weighted by molar-refractivity contribution is -0.122. The summed E-state index contributed by atoms with van der Waals surface area (Å²) < 4.78 is 10.5. The summed E-state index contributed by atoms with van der Waals surface area (Å²) in [6.45, 7) is 0. The number of esters is 1. The highest BCUT2D eigenvalue weighted by Gasteiger charge is 2.28. The van der Waals surface area contributed by atoms with Crippen LogP contribution >= 0.6 is 0 Å². The number of rotatable bonds is 3. The molecule has 4 rings (SSSR count). The Morgan fingerprint density at radius 3 is 2.47 bits per heavy atom. The Morgan fingerprint density at radius 1 is 0.967 bits per heavy atom. The van der Waals surface area contributed by atoms with Gasteiger partial charge in [0, 0.05) is 23.2 Å². The van der Waals surface area contributed by atoms with Crippen molar-refractivity contribution in [1.29, 1.82) is 0 Å². The number of anilines is 1. The molecule has 0 unspecified atom stereocenters. The van der Waals surface area contributed by atoms with E-state index in [9.17, 15) is 9.59 Å². The molecule has 0 saturated heterocycles. The average Bonchev–Trinajstić information content (AvgIpc) is 3.22. The van der Waals surface area contributed by atoms with E-state index in [0.29, 0.717) is 23.2 Å². The molecule has 30 heavy (non-hydrogen) atoms. The van der Waals surface area contributed by atoms with Gasteiger partial charge in [0.25, 0.3) is 5.91 Å². The molecule has 1 heterocycles. The highest BCUT2D eigenvalue weighted by molar-refractivity contribution is 5.95. The van der Waals surface area contributed by atoms with E-state index in [0.717, 1.165) is 16.9 Å². The summed E-state index contributed by atoms with van der Waals surface area (Å²) in [6, 6.07) is 21.9. The lowest BCUT2D eigenvalue weighted by Crippen LogP contribution is -2.31. The van der Waals surface area contributed by atoms with E-state index in [-0.39, 0.29) is 5.91 Å². The van der Waals surface area contributed by atoms with Gasteiger partial charge in [-0.2, -0.15) is 0 Å². The number of hydrogen-bond donors (Lipinski definition) is 1. The maximum atomic E-state index is 12.6. The number of fused-ring (bicyclic) bond motifs is 1. The number of hydrogen-bond acceptors (Lipinski definition) is 4. The molecule has 1 N–H and O–H groups in total. The first kappa shape index (κ1) is 19.3. The Bertz CT molecular complexity index is 1150. The van der Waals surface area contributed by atoms with E-state index in [2.05, 4.69) is 17.2 Å². The molecule has 0 bridgehead atoms. The Labute approximate surface area is 174 Å². The molecule has 3 aromatic carbocycles. The van der Waals surface area contributed by atoms with E-state index in [1.165, 1.54) is 7.11 Å². The summed E-state index contributed by atoms with van der Waals surface area (Å²) in [4.78, 5) is 24.2. The average molecular weight is 397 g/mol. The smallest absolute Gasteiger partial charge is 0.337 e. The Balaban J connectivity index is 1.45. The van der Waals surface area contributed by atoms with Crippen molar-refractivity contribution in [1.82, 2.24) is 0 Å². The molecule has 0 saturated carbocycles. The zero-order valence-corrected chi connectivity index (χ0v) is 16.3. The van der Waals surface area contributed by atoms with Crippen LogP contribution in [0.25, 0.3) is 0 Å². The van der Waals surface area contributed by atoms with Crippen LogP contribution in [0.3, 0.4) is 0 Å². The van der Waals surface area contributed by atoms with E-state index >= 15 is 0 Å². The third kappa shape index (κ3) is 4.34. The van der Waals surface area contributed by atoms with Gasteiger partial charge < -0.3 is 14.8 Å². The van der Waals surface area contributed by atoms with Crippen molar-refractivity contribution in [3.8, 4) is 17.6 Å². The maximum absolute atomic E-state index is 12.6. The van der Waals surface area contributed by atoms with Crippen LogP contribution in [0.1, 0.15) is 27.0 Å². The first-order chi connectivity index (χ1) is 14.6. The van der Waals surface area contributed by atoms with Gasteiger partial charge >= 0.3 is 5.97 Å². The van der Waals surface area contributed by atoms with Crippen LogP contribution in [-0.4, -0.2) is 25.1 Å². The summed E-state index contributed by atoms with van der Waals surface area (Å²) >= 11 is 0. The van der Waals surface area contributed by atoms with Crippen molar-refractivity contribution in [3.63, 3.8) is 0 Å². The third-order valence-electron chi connectivity index (χ3n) is 4.70. The minimum absolute atomic E-state index is 0.193. The van der Waals surface area contributed by atoms with Crippen molar-refractivity contribution in [2.75, 3.05) is 12.4 Å². The van der Waals surface area contributed by atoms with Gasteiger partial charge in [-0.05, 0) is 48.0 Å². The fraction of sp³-hybridized carbons (Fsp3) is 0.120. The first-order valence-corrected chi connectivity index (χ1v) is 9.48. The molecule has 1 amide bonds. The Morgan fingerprint density at radius 2 is 1.70 bits per heavy atom. The summed E-state index contributed by atoms with van der Waals surface area (Å²) in [5, 5.41) is 2.90. The number of nitrogens with one attached hydrogen (secondary N) is 1. The molecule has 0 spiro atoms. The minimum Gasteiger partial charge on any atom is -0.480 e. The molecule has 1 aliphatic heterocycles. The highest BCUT2D eigenvalue weighted by atomic mass is 16.5. The molecule has 3 aromatic rings. The molecule has 148 valence electrons. The third-order valence-corrected chi connectivity index (χ3v) is 4.70. The lowest BCUT2D eigenvalue weighted by atomic mass is 10.1. The molecule has 0 radical (unpaired) electrons. The van der Waals surface area contributed by atoms with E-state index in [4.69, 9.17) is 9.47 Å². The van der Waals surface area contributed by atoms with Crippen molar-refractivity contribution >= 4 is 17.6 Å². The Hall–Kier alpha value is -4.04. The van der Waals surface area contributed by atoms with Gasteiger partial charge in [-0.15, -0.1) is 0 Å². The highest BCUT2D eigenvalue weighted by Crippen LogP contribution is 2.28. The maximum Gasteiger partial charge on any atom is 0.337 e. The molecule has 0 aromatic heterocycles. The molecular formula is C25H19NO4. The zero-order valence-electron chi connectivity index (χ0n) is 16.3. The molecule has 0 fully saturated rings. The van der Waals surface area contributed by atoms with E-state index < -0.39 is 12.1 Å². The molecule has 1 aliphatic rings. The fourth-order valence-corrected chi connectivity index (χ4v) is 3.21. The predicted molar refractivity (Wildman–Crippen MR) is 113 cm³/mol. The van der Waals surface area contributed by atoms with Crippen molar-refractivity contribution in [3.05, 3.63) is 95.1 Å². The molecule has 0 aliphatic carbocycles. The number of carbonyl (C=O) groups is 2. The molecule has 1 atom stereocenters. The van der Waals surface area contributed by atoms with Gasteiger partial charge in [-0.3, -0.25) is 4.79 Å². The number of carbonyl (C=O) groups excluding carboxylic acids is 2. The molecule has 5 nitrogen and oxygen atoms in total. The fourth-order valence-electron chi connectivity index (χ4n) is 3.21. The second-order valence-corrected chi connectivity index (χ2v) is 6.81. The zero-order chi connectivity index (χ0) is 20.9. The van der Waals surface area contributed by atoms with Crippen LogP contribution in [0.4, 0.5) is 5.69 Å². The predicted octanol–water partition coefficient (Wildman–Crippen LogP) is 3.82. The van der Waals surface area contributed by atoms with E-state index in [1.807, 2.05) is 48.5 Å². The lowest BCUT2D eigenvalue weighted by Gasteiger charge is -2.11. The van der Waals surface area contributed by atoms with Gasteiger partial charge in [-0.1, -0.05) is 42.2 Å². The summed E-state index contributed by atoms with van der Waals surface area (Å²) in [5.41, 5.74) is 3.57. The van der Waals surface area contributed by atoms with Crippen LogP contribution in [0, 0.1) is 11.8 Å². The van der Waals surface area contributed by atoms with Crippen LogP contribution in [-0.2, 0) is 16.0 Å². The minimum atomic E-state index is -0.543. The van der Waals surface area contributed by atoms with Crippen LogP contribution < -0.4 is 10.1 Å². The van der Waals surface area contributed by atoms with Gasteiger partial charge in [0.2, 0.25) is 0 Å². The standard InChI is InChI=1S/C25H19NO4/c1-29-25(28)20-9-4-6-17(14-20)12-13-18-7-5-10-21(15-18)26-24(27)23-16-19-8-2-3-11-22(19)30-23/h2-11,14-15,23H,16H2,1H3,(H,26,27)/t23-/m1/s1. The van der Waals surface area contributed by atoms with Gasteiger partial charge in [0.1, 0.15) is 5.75 Å². The molecular weight excluding hydrogens is 378 g/mol. The second-order valence-electron chi connectivity index (χ2n) is 6.81. The normalized spacial score (nSPS) is 14.0. The summed E-state index contributed by atoms with van der Waals surface area (Å²) in [5.74, 6) is 6.25. The van der Waals surface area contributed by atoms with Crippen LogP contribution in [0.15, 0.2) is 72.8 Å². The quantitative estimate of drug-likeness (QED) is 0.539. The number of benzene rings is 3. The molecule has 5 heteroatoms. The SMILES string of the molecule is COC(=O)c1cccc(C#Cc2cccc(NC(=O)[C@H]3Cc4ccccc4O3)c2)c1. The monoisotopic (exact) mass is 397 g/mol. The van der Waals surface area contributed by atoms with Crippen molar-refractivity contribution < 1.29 is 19.1 Å². The van der Waals surface area contributed by atoms with Crippen molar-refractivity contribution in [2.24, 2.45) is 0 Å². The largest absolute Gasteiger partial charge is 0.480 e. The number of para-hydroxylation sites is 1. The Kier molecular flexibility index (Phi) is 5.49. The van der Waals surface area contributed by atoms with Gasteiger partial charge in [0.15, 0.2) is 6.10 Å². The summed E-state index contributed by atoms with van der Waals surface area (Å²) in [6.07, 6.45) is 0.0103. The first-order valence-electron chi connectivity index (χ1n) is 9.48. The van der Waals surface area contributed by atoms with Crippen LogP contribution in [0.5, 0.6) is 5.75 Å². The van der Waals surface area contributed by atoms with Crippen molar-refractivity contribution in [2.45, 2.75) is 12.5 Å². The second kappa shape index (κ2) is 8.54.